The van der Waals surface area contributed by atoms with E-state index in [0.717, 1.165) is 5.06 Å². The zero-order chi connectivity index (χ0) is 18.9. The third-order valence-electron chi connectivity index (χ3n) is 3.05. The SMILES string of the molecule is CC(C)(C)OC(=O)N(CCCCCC(=O)O)OC(=O)c1ccccc1. The van der Waals surface area contributed by atoms with E-state index >= 15 is 0 Å². The highest BCUT2D eigenvalue weighted by Crippen LogP contribution is 2.13. The van der Waals surface area contributed by atoms with Crippen LogP contribution < -0.4 is 0 Å². The van der Waals surface area contributed by atoms with Gasteiger partial charge in [-0.1, -0.05) is 24.6 Å². The highest BCUT2D eigenvalue weighted by atomic mass is 16.8. The molecular formula is C18H25NO6. The Labute approximate surface area is 147 Å². The van der Waals surface area contributed by atoms with Crippen LogP contribution in [-0.2, 0) is 14.4 Å². The molecule has 25 heavy (non-hydrogen) atoms. The monoisotopic (exact) mass is 351 g/mol. The normalized spacial score (nSPS) is 10.8. The first-order valence-electron chi connectivity index (χ1n) is 8.18. The lowest BCUT2D eigenvalue weighted by Crippen LogP contribution is -2.39. The van der Waals surface area contributed by atoms with Crippen LogP contribution >= 0.6 is 0 Å². The number of hydroxylamine groups is 2. The minimum atomic E-state index is -0.862. The maximum atomic E-state index is 12.2. The number of ether oxygens (including phenoxy) is 1. The molecule has 7 nitrogen and oxygen atoms in total. The second-order valence-corrected chi connectivity index (χ2v) is 6.53. The quantitative estimate of drug-likeness (QED) is 0.595. The van der Waals surface area contributed by atoms with Crippen molar-refractivity contribution in [1.29, 1.82) is 0 Å². The minimum Gasteiger partial charge on any atom is -0.481 e. The highest BCUT2D eigenvalue weighted by molar-refractivity contribution is 5.89. The van der Waals surface area contributed by atoms with Crippen molar-refractivity contribution in [2.24, 2.45) is 0 Å². The van der Waals surface area contributed by atoms with E-state index in [1.165, 1.54) is 0 Å². The molecule has 138 valence electrons. The number of carboxylic acid groups (broad SMARTS) is 1. The summed E-state index contributed by atoms with van der Waals surface area (Å²) in [6.07, 6.45) is 0.888. The van der Waals surface area contributed by atoms with Crippen LogP contribution in [0.15, 0.2) is 30.3 Å². The number of carboxylic acids is 1. The van der Waals surface area contributed by atoms with Crippen LogP contribution in [0.25, 0.3) is 0 Å². The van der Waals surface area contributed by atoms with Gasteiger partial charge in [-0.3, -0.25) is 4.79 Å². The number of carbonyl (C=O) groups excluding carboxylic acids is 2. The Hall–Kier alpha value is -2.57. The summed E-state index contributed by atoms with van der Waals surface area (Å²) in [4.78, 5) is 40.1. The molecule has 0 saturated carbocycles. The van der Waals surface area contributed by atoms with Crippen LogP contribution in [0, 0.1) is 0 Å². The molecule has 0 bridgehead atoms. The average molecular weight is 351 g/mol. The second-order valence-electron chi connectivity index (χ2n) is 6.53. The van der Waals surface area contributed by atoms with Crippen molar-refractivity contribution in [3.05, 3.63) is 35.9 Å². The summed E-state index contributed by atoms with van der Waals surface area (Å²) in [7, 11) is 0. The van der Waals surface area contributed by atoms with Crippen LogP contribution in [-0.4, -0.2) is 40.3 Å². The molecule has 0 unspecified atom stereocenters. The van der Waals surface area contributed by atoms with Crippen molar-refractivity contribution in [2.75, 3.05) is 6.54 Å². The summed E-state index contributed by atoms with van der Waals surface area (Å²) in [5.74, 6) is -1.52. The molecule has 7 heteroatoms. The van der Waals surface area contributed by atoms with Gasteiger partial charge in [0.15, 0.2) is 0 Å². The van der Waals surface area contributed by atoms with Gasteiger partial charge in [-0.15, -0.1) is 5.06 Å². The van der Waals surface area contributed by atoms with Gasteiger partial charge in [0, 0.05) is 6.42 Å². The number of benzene rings is 1. The zero-order valence-corrected chi connectivity index (χ0v) is 14.9. The number of hydrogen-bond acceptors (Lipinski definition) is 5. The standard InChI is InChI=1S/C18H25NO6/c1-18(2,3)24-17(23)19(13-9-5-8-12-15(20)21)25-16(22)14-10-6-4-7-11-14/h4,6-7,10-11H,5,8-9,12-13H2,1-3H3,(H,20,21). The lowest BCUT2D eigenvalue weighted by molar-refractivity contribution is -0.137. The molecule has 0 atom stereocenters. The summed E-state index contributed by atoms with van der Waals surface area (Å²) in [5.41, 5.74) is -0.403. The summed E-state index contributed by atoms with van der Waals surface area (Å²) >= 11 is 0. The Morgan fingerprint density at radius 2 is 1.68 bits per heavy atom. The summed E-state index contributed by atoms with van der Waals surface area (Å²) < 4.78 is 5.25. The Kier molecular flexibility index (Phi) is 7.91. The Bertz CT molecular complexity index is 579. The molecule has 0 saturated heterocycles. The predicted molar refractivity (Wildman–Crippen MR) is 90.9 cm³/mol. The fourth-order valence-corrected chi connectivity index (χ4v) is 1.92. The minimum absolute atomic E-state index is 0.0657. The van der Waals surface area contributed by atoms with Crippen molar-refractivity contribution >= 4 is 18.0 Å². The molecule has 1 aromatic carbocycles. The molecule has 1 amide bonds. The van der Waals surface area contributed by atoms with E-state index in [9.17, 15) is 14.4 Å². The van der Waals surface area contributed by atoms with Crippen molar-refractivity contribution in [3.63, 3.8) is 0 Å². The van der Waals surface area contributed by atoms with Crippen LogP contribution in [0.3, 0.4) is 0 Å². The van der Waals surface area contributed by atoms with Crippen LogP contribution in [0.2, 0.25) is 0 Å². The number of nitrogens with zero attached hydrogens (tertiary/aromatic N) is 1. The summed E-state index contributed by atoms with van der Waals surface area (Å²) in [6.45, 7) is 5.28. The Morgan fingerprint density at radius 1 is 1.04 bits per heavy atom. The fraction of sp³-hybridized carbons (Fsp3) is 0.500. The molecule has 0 aliphatic rings. The van der Waals surface area contributed by atoms with Gasteiger partial charge >= 0.3 is 18.0 Å². The predicted octanol–water partition coefficient (Wildman–Crippen LogP) is 3.64. The van der Waals surface area contributed by atoms with Crippen LogP contribution in [0.5, 0.6) is 0 Å². The molecule has 0 heterocycles. The largest absolute Gasteiger partial charge is 0.481 e. The molecule has 0 aromatic heterocycles. The van der Waals surface area contributed by atoms with Gasteiger partial charge in [0.1, 0.15) is 5.60 Å². The van der Waals surface area contributed by atoms with Gasteiger partial charge in [0.2, 0.25) is 0 Å². The number of aliphatic carboxylic acids is 1. The van der Waals surface area contributed by atoms with Gasteiger partial charge in [0.05, 0.1) is 12.1 Å². The number of rotatable bonds is 7. The number of amides is 1. The number of hydrogen-bond donors (Lipinski definition) is 1. The van der Waals surface area contributed by atoms with E-state index in [0.29, 0.717) is 24.8 Å². The van der Waals surface area contributed by atoms with Gasteiger partial charge < -0.3 is 14.7 Å². The maximum Gasteiger partial charge on any atom is 0.443 e. The van der Waals surface area contributed by atoms with E-state index in [4.69, 9.17) is 14.7 Å². The first-order valence-corrected chi connectivity index (χ1v) is 8.18. The van der Waals surface area contributed by atoms with Gasteiger partial charge in [-0.25, -0.2) is 9.59 Å². The third-order valence-corrected chi connectivity index (χ3v) is 3.05. The van der Waals surface area contributed by atoms with Crippen molar-refractivity contribution in [3.8, 4) is 0 Å². The maximum absolute atomic E-state index is 12.2. The van der Waals surface area contributed by atoms with Gasteiger partial charge in [-0.05, 0) is 45.7 Å². The molecule has 0 spiro atoms. The summed E-state index contributed by atoms with van der Waals surface area (Å²) in [5, 5.41) is 9.52. The number of unbranched alkanes of at least 4 members (excludes halogenated alkanes) is 2. The Morgan fingerprint density at radius 3 is 2.24 bits per heavy atom. The van der Waals surface area contributed by atoms with Crippen molar-refractivity contribution < 1.29 is 29.1 Å². The molecular weight excluding hydrogens is 326 g/mol. The fourth-order valence-electron chi connectivity index (χ4n) is 1.92. The van der Waals surface area contributed by atoms with Crippen molar-refractivity contribution in [2.45, 2.75) is 52.1 Å². The first kappa shape index (κ1) is 20.5. The van der Waals surface area contributed by atoms with E-state index in [-0.39, 0.29) is 13.0 Å². The second kappa shape index (κ2) is 9.66. The third kappa shape index (κ3) is 8.74. The molecule has 0 radical (unpaired) electrons. The number of carbonyl (C=O) groups is 3. The zero-order valence-electron chi connectivity index (χ0n) is 14.9. The first-order chi connectivity index (χ1) is 11.7. The molecule has 0 aliphatic carbocycles. The Balaban J connectivity index is 2.65. The summed E-state index contributed by atoms with van der Waals surface area (Å²) in [6, 6.07) is 8.33. The lowest BCUT2D eigenvalue weighted by Gasteiger charge is -2.26. The molecule has 1 aromatic rings. The van der Waals surface area contributed by atoms with Crippen molar-refractivity contribution in [1.82, 2.24) is 5.06 Å². The molecule has 1 N–H and O–H groups in total. The lowest BCUT2D eigenvalue weighted by atomic mass is 10.2. The van der Waals surface area contributed by atoms with E-state index < -0.39 is 23.6 Å². The van der Waals surface area contributed by atoms with E-state index in [1.807, 2.05) is 0 Å². The molecule has 0 fully saturated rings. The van der Waals surface area contributed by atoms with Gasteiger partial charge in [-0.2, -0.15) is 0 Å². The molecule has 0 aliphatic heterocycles. The topological polar surface area (TPSA) is 93.1 Å². The smallest absolute Gasteiger partial charge is 0.443 e. The average Bonchev–Trinajstić information content (AvgIpc) is 2.52. The van der Waals surface area contributed by atoms with Crippen LogP contribution in [0.4, 0.5) is 4.79 Å². The van der Waals surface area contributed by atoms with Crippen LogP contribution in [0.1, 0.15) is 56.8 Å². The molecule has 1 rings (SSSR count). The highest BCUT2D eigenvalue weighted by Gasteiger charge is 2.25. The van der Waals surface area contributed by atoms with E-state index in [1.54, 1.807) is 51.1 Å². The van der Waals surface area contributed by atoms with E-state index in [2.05, 4.69) is 0 Å². The van der Waals surface area contributed by atoms with Gasteiger partial charge in [0.25, 0.3) is 0 Å².